The van der Waals surface area contributed by atoms with E-state index in [1.807, 2.05) is 0 Å². The maximum atomic E-state index is 13.2. The molecule has 32 heavy (non-hydrogen) atoms. The van der Waals surface area contributed by atoms with Crippen molar-refractivity contribution < 1.29 is 9.53 Å². The molecular weight excluding hydrogens is 392 g/mol. The first-order valence-corrected chi connectivity index (χ1v) is 13.7. The van der Waals surface area contributed by atoms with E-state index in [0.717, 1.165) is 37.0 Å². The molecule has 2 heteroatoms. The summed E-state index contributed by atoms with van der Waals surface area (Å²) in [4.78, 5) is 13.2. The van der Waals surface area contributed by atoms with Gasteiger partial charge in [0.1, 0.15) is 0 Å². The molecule has 180 valence electrons. The zero-order valence-corrected chi connectivity index (χ0v) is 21.8. The second-order valence-electron chi connectivity index (χ2n) is 14.0. The maximum Gasteiger partial charge on any atom is 0.312 e. The molecule has 0 aromatic carbocycles. The number of carbonyl (C=O) groups excluding carboxylic acids is 1. The van der Waals surface area contributed by atoms with Crippen LogP contribution in [-0.2, 0) is 9.53 Å². The molecule has 0 heterocycles. The molecule has 0 aliphatic heterocycles. The minimum atomic E-state index is -0.239. The predicted octanol–water partition coefficient (Wildman–Crippen LogP) is 7.82. The van der Waals surface area contributed by atoms with Crippen LogP contribution < -0.4 is 0 Å². The molecule has 0 N–H and O–H groups in total. The van der Waals surface area contributed by atoms with Crippen molar-refractivity contribution in [3.05, 3.63) is 12.2 Å². The number of carbonyl (C=O) groups is 1. The summed E-state index contributed by atoms with van der Waals surface area (Å²) in [5, 5.41) is 0. The first-order chi connectivity index (χ1) is 15.0. The van der Waals surface area contributed by atoms with E-state index < -0.39 is 0 Å². The molecule has 9 unspecified atom stereocenters. The predicted molar refractivity (Wildman–Crippen MR) is 131 cm³/mol. The molecule has 0 bridgehead atoms. The van der Waals surface area contributed by atoms with Gasteiger partial charge in [0.15, 0.2) is 0 Å². The maximum absolute atomic E-state index is 13.2. The molecule has 5 aliphatic carbocycles. The Morgan fingerprint density at radius 3 is 2.25 bits per heavy atom. The van der Waals surface area contributed by atoms with Gasteiger partial charge in [-0.1, -0.05) is 46.3 Å². The molecule has 2 nitrogen and oxygen atoms in total. The van der Waals surface area contributed by atoms with E-state index in [0.29, 0.717) is 34.0 Å². The number of ether oxygens (including phenoxy) is 1. The van der Waals surface area contributed by atoms with E-state index in [4.69, 9.17) is 4.74 Å². The number of hydrogen-bond donors (Lipinski definition) is 0. The van der Waals surface area contributed by atoms with Crippen molar-refractivity contribution in [2.75, 3.05) is 7.11 Å². The summed E-state index contributed by atoms with van der Waals surface area (Å²) < 4.78 is 5.47. The summed E-state index contributed by atoms with van der Waals surface area (Å²) in [6.07, 6.45) is 14.2. The van der Waals surface area contributed by atoms with Crippen LogP contribution in [0.3, 0.4) is 0 Å². The van der Waals surface area contributed by atoms with E-state index in [2.05, 4.69) is 41.2 Å². The quantitative estimate of drug-likeness (QED) is 0.323. The summed E-state index contributed by atoms with van der Waals surface area (Å²) in [5.74, 6) is 4.22. The molecule has 0 saturated heterocycles. The molecule has 0 aromatic rings. The van der Waals surface area contributed by atoms with Crippen LogP contribution in [0.1, 0.15) is 105 Å². The number of esters is 1. The molecule has 0 radical (unpaired) electrons. The molecular formula is C30H48O2. The van der Waals surface area contributed by atoms with Crippen molar-refractivity contribution in [2.45, 2.75) is 105 Å². The third kappa shape index (κ3) is 2.86. The van der Waals surface area contributed by atoms with Crippen molar-refractivity contribution in [1.82, 2.24) is 0 Å². The molecule has 0 amide bonds. The van der Waals surface area contributed by atoms with Crippen LogP contribution in [0.5, 0.6) is 0 Å². The van der Waals surface area contributed by atoms with Crippen LogP contribution >= 0.6 is 0 Å². The third-order valence-corrected chi connectivity index (χ3v) is 12.6. The highest BCUT2D eigenvalue weighted by Crippen LogP contribution is 2.73. The van der Waals surface area contributed by atoms with Gasteiger partial charge in [0.2, 0.25) is 0 Å². The highest BCUT2D eigenvalue weighted by molar-refractivity contribution is 5.78. The summed E-state index contributed by atoms with van der Waals surface area (Å²) >= 11 is 0. The SMILES string of the molecule is C=C(C)C1CCC2(C(=O)OC)CCC3C(CCC4C3(C)CCC3C(C)(C)CCCC34C)C12. The normalized spacial score (nSPS) is 51.6. The highest BCUT2D eigenvalue weighted by Gasteiger charge is 2.67. The lowest BCUT2D eigenvalue weighted by Crippen LogP contribution is -2.62. The number of fused-ring (bicyclic) bond motifs is 7. The van der Waals surface area contributed by atoms with E-state index >= 15 is 0 Å². The van der Waals surface area contributed by atoms with Crippen molar-refractivity contribution in [3.8, 4) is 0 Å². The van der Waals surface area contributed by atoms with Crippen molar-refractivity contribution >= 4 is 5.97 Å². The van der Waals surface area contributed by atoms with Gasteiger partial charge in [-0.2, -0.15) is 0 Å². The number of hydrogen-bond acceptors (Lipinski definition) is 2. The summed E-state index contributed by atoms with van der Waals surface area (Å²) in [5.41, 5.74) is 2.50. The number of methoxy groups -OCH3 is 1. The van der Waals surface area contributed by atoms with Crippen LogP contribution in [0.2, 0.25) is 0 Å². The zero-order valence-electron chi connectivity index (χ0n) is 21.8. The summed E-state index contributed by atoms with van der Waals surface area (Å²) in [7, 11) is 1.61. The van der Waals surface area contributed by atoms with Gasteiger partial charge in [-0.15, -0.1) is 0 Å². The Kier molecular flexibility index (Phi) is 5.28. The Morgan fingerprint density at radius 2 is 1.56 bits per heavy atom. The summed E-state index contributed by atoms with van der Waals surface area (Å²) in [6.45, 7) is 17.1. The Labute approximate surface area is 197 Å². The van der Waals surface area contributed by atoms with Gasteiger partial charge in [0.05, 0.1) is 12.5 Å². The average molecular weight is 441 g/mol. The second-order valence-corrected chi connectivity index (χ2v) is 14.0. The Hall–Kier alpha value is -0.790. The molecule has 5 fully saturated rings. The van der Waals surface area contributed by atoms with Gasteiger partial charge in [-0.05, 0) is 123 Å². The van der Waals surface area contributed by atoms with Crippen LogP contribution in [0, 0.1) is 57.2 Å². The molecule has 5 rings (SSSR count). The first-order valence-electron chi connectivity index (χ1n) is 13.7. The smallest absolute Gasteiger partial charge is 0.312 e. The minimum Gasteiger partial charge on any atom is -0.469 e. The molecule has 9 atom stereocenters. The van der Waals surface area contributed by atoms with Crippen LogP contribution in [0.15, 0.2) is 12.2 Å². The fraction of sp³-hybridized carbons (Fsp3) is 0.900. The lowest BCUT2D eigenvalue weighted by atomic mass is 9.36. The lowest BCUT2D eigenvalue weighted by Gasteiger charge is -2.68. The topological polar surface area (TPSA) is 26.3 Å². The standard InChI is InChI=1S/C30H48O2/c1-19(2)20-11-17-30(26(31)32-7)18-12-22-21(25(20)30)9-10-24-28(22,5)16-13-23-27(3,4)14-8-15-29(23,24)6/h20-25H,1,8-18H2,2-7H3. The van der Waals surface area contributed by atoms with Crippen molar-refractivity contribution in [3.63, 3.8) is 0 Å². The Morgan fingerprint density at radius 1 is 0.844 bits per heavy atom. The van der Waals surface area contributed by atoms with Gasteiger partial charge < -0.3 is 4.74 Å². The van der Waals surface area contributed by atoms with E-state index in [1.54, 1.807) is 7.11 Å². The van der Waals surface area contributed by atoms with E-state index in [9.17, 15) is 4.79 Å². The highest BCUT2D eigenvalue weighted by atomic mass is 16.5. The molecule has 0 spiro atoms. The molecule has 0 aromatic heterocycles. The first kappa shape index (κ1) is 23.0. The van der Waals surface area contributed by atoms with Crippen molar-refractivity contribution in [1.29, 1.82) is 0 Å². The molecule has 5 saturated carbocycles. The van der Waals surface area contributed by atoms with Gasteiger partial charge in [-0.25, -0.2) is 0 Å². The monoisotopic (exact) mass is 440 g/mol. The van der Waals surface area contributed by atoms with E-state index in [-0.39, 0.29) is 11.4 Å². The fourth-order valence-corrected chi connectivity index (χ4v) is 11.5. The van der Waals surface area contributed by atoms with Crippen LogP contribution in [0.25, 0.3) is 0 Å². The van der Waals surface area contributed by atoms with Gasteiger partial charge >= 0.3 is 5.97 Å². The minimum absolute atomic E-state index is 0.0849. The van der Waals surface area contributed by atoms with Crippen LogP contribution in [0.4, 0.5) is 0 Å². The van der Waals surface area contributed by atoms with Gasteiger partial charge in [-0.3, -0.25) is 4.79 Å². The molecule has 5 aliphatic rings. The van der Waals surface area contributed by atoms with Crippen LogP contribution in [-0.4, -0.2) is 13.1 Å². The number of rotatable bonds is 2. The Bertz CT molecular complexity index is 797. The number of allylic oxidation sites excluding steroid dienone is 1. The van der Waals surface area contributed by atoms with Gasteiger partial charge in [0.25, 0.3) is 0 Å². The van der Waals surface area contributed by atoms with Gasteiger partial charge in [0, 0.05) is 0 Å². The zero-order chi connectivity index (χ0) is 23.1. The Balaban J connectivity index is 1.52. The summed E-state index contributed by atoms with van der Waals surface area (Å²) in [6, 6.07) is 0. The van der Waals surface area contributed by atoms with Crippen molar-refractivity contribution in [2.24, 2.45) is 57.2 Å². The third-order valence-electron chi connectivity index (χ3n) is 12.6. The largest absolute Gasteiger partial charge is 0.469 e. The van der Waals surface area contributed by atoms with E-state index in [1.165, 1.54) is 56.9 Å². The fourth-order valence-electron chi connectivity index (χ4n) is 11.5. The second kappa shape index (κ2) is 7.35. The lowest BCUT2D eigenvalue weighted by molar-refractivity contribution is -0.203. The average Bonchev–Trinajstić information content (AvgIpc) is 3.13.